The molecule has 1 heterocycles. The van der Waals surface area contributed by atoms with Crippen molar-refractivity contribution >= 4 is 39.1 Å². The third-order valence-corrected chi connectivity index (χ3v) is 5.49. The first-order valence-electron chi connectivity index (χ1n) is 6.99. The Kier molecular flexibility index (Phi) is 2.78. The van der Waals surface area contributed by atoms with Gasteiger partial charge >= 0.3 is 0 Å². The molecule has 22 heavy (non-hydrogen) atoms. The molecule has 0 N–H and O–H groups in total. The van der Waals surface area contributed by atoms with E-state index in [9.17, 15) is 19.7 Å². The predicted octanol–water partition coefficient (Wildman–Crippen LogP) is 2.67. The van der Waals surface area contributed by atoms with Crippen molar-refractivity contribution in [3.8, 4) is 0 Å². The number of nitro benzene ring substituents is 1. The number of carbonyl (C=O) groups is 2. The molecule has 1 aromatic rings. The molecule has 0 unspecified atom stereocenters. The Bertz CT molecular complexity index is 730. The molecule has 1 saturated heterocycles. The van der Waals surface area contributed by atoms with E-state index >= 15 is 0 Å². The highest BCUT2D eigenvalue weighted by atomic mass is 79.9. The van der Waals surface area contributed by atoms with Gasteiger partial charge in [-0.25, -0.2) is 4.90 Å². The summed E-state index contributed by atoms with van der Waals surface area (Å²) in [6, 6.07) is 4.08. The Labute approximate surface area is 134 Å². The lowest BCUT2D eigenvalue weighted by Gasteiger charge is -2.18. The maximum Gasteiger partial charge on any atom is 0.270 e. The monoisotopic (exact) mass is 362 g/mol. The first-order valence-corrected chi connectivity index (χ1v) is 7.78. The Morgan fingerprint density at radius 2 is 1.73 bits per heavy atom. The van der Waals surface area contributed by atoms with E-state index in [0.29, 0.717) is 10.2 Å². The van der Waals surface area contributed by atoms with Crippen LogP contribution in [-0.4, -0.2) is 16.7 Å². The number of nitro groups is 1. The number of hydrogen-bond acceptors (Lipinski definition) is 4. The lowest BCUT2D eigenvalue weighted by Crippen LogP contribution is -2.33. The van der Waals surface area contributed by atoms with Crippen LogP contribution in [-0.2, 0) is 9.59 Å². The van der Waals surface area contributed by atoms with Gasteiger partial charge in [-0.05, 0) is 40.3 Å². The second kappa shape index (κ2) is 4.49. The highest BCUT2D eigenvalue weighted by molar-refractivity contribution is 9.10. The number of imide groups is 1. The summed E-state index contributed by atoms with van der Waals surface area (Å²) >= 11 is 3.24. The molecule has 3 aliphatic rings. The zero-order chi connectivity index (χ0) is 15.6. The SMILES string of the molecule is O=C1[C@@H]2[C@H](C(=O)N1c1ccc([N+](=O)[O-])cc1Br)[C@H]1C=C[C@H]2C1. The minimum Gasteiger partial charge on any atom is -0.274 e. The zero-order valence-corrected chi connectivity index (χ0v) is 12.9. The van der Waals surface area contributed by atoms with Crippen molar-refractivity contribution in [2.45, 2.75) is 6.42 Å². The zero-order valence-electron chi connectivity index (χ0n) is 11.3. The van der Waals surface area contributed by atoms with E-state index in [2.05, 4.69) is 15.9 Å². The van der Waals surface area contributed by atoms with Gasteiger partial charge in [-0.3, -0.25) is 19.7 Å². The second-order valence-electron chi connectivity index (χ2n) is 5.90. The number of carbonyl (C=O) groups excluding carboxylic acids is 2. The number of amides is 2. The van der Waals surface area contributed by atoms with Crippen molar-refractivity contribution < 1.29 is 14.5 Å². The maximum absolute atomic E-state index is 12.7. The van der Waals surface area contributed by atoms with E-state index < -0.39 is 4.92 Å². The van der Waals surface area contributed by atoms with Gasteiger partial charge in [-0.1, -0.05) is 12.2 Å². The molecule has 0 aromatic heterocycles. The number of rotatable bonds is 2. The number of halogens is 1. The van der Waals surface area contributed by atoms with Gasteiger partial charge in [0.1, 0.15) is 0 Å². The summed E-state index contributed by atoms with van der Waals surface area (Å²) in [5.74, 6) is -0.640. The van der Waals surface area contributed by atoms with Gasteiger partial charge in [-0.2, -0.15) is 0 Å². The van der Waals surface area contributed by atoms with Gasteiger partial charge in [0, 0.05) is 16.6 Å². The molecular weight excluding hydrogens is 352 g/mol. The average molecular weight is 363 g/mol. The van der Waals surface area contributed by atoms with Crippen LogP contribution in [0.3, 0.4) is 0 Å². The molecule has 112 valence electrons. The minimum atomic E-state index is -0.513. The number of non-ortho nitro benzene ring substituents is 1. The van der Waals surface area contributed by atoms with Gasteiger partial charge in [0.25, 0.3) is 5.69 Å². The molecule has 4 rings (SSSR count). The van der Waals surface area contributed by atoms with Crippen molar-refractivity contribution in [1.29, 1.82) is 0 Å². The average Bonchev–Trinajstić information content (AvgIpc) is 3.14. The minimum absolute atomic E-state index is 0.0864. The fourth-order valence-electron chi connectivity index (χ4n) is 3.93. The first-order chi connectivity index (χ1) is 10.5. The van der Waals surface area contributed by atoms with Gasteiger partial charge < -0.3 is 0 Å². The van der Waals surface area contributed by atoms with Crippen LogP contribution >= 0.6 is 15.9 Å². The molecule has 1 aliphatic heterocycles. The summed E-state index contributed by atoms with van der Waals surface area (Å²) in [5.41, 5.74) is 0.297. The lowest BCUT2D eigenvalue weighted by molar-refractivity contribution is -0.384. The van der Waals surface area contributed by atoms with E-state index in [0.717, 1.165) is 6.42 Å². The standard InChI is InChI=1S/C15H11BrN2O4/c16-10-6-9(18(21)22)3-4-11(10)17-14(19)12-7-1-2-8(5-7)13(12)15(17)20/h1-4,6-8,12-13H,5H2/t7-,8-,12-,13+/m0/s1. The molecule has 2 fully saturated rings. The van der Waals surface area contributed by atoms with Crippen LogP contribution in [0.5, 0.6) is 0 Å². The summed E-state index contributed by atoms with van der Waals surface area (Å²) in [4.78, 5) is 36.8. The number of hydrogen-bond donors (Lipinski definition) is 0. The van der Waals surface area contributed by atoms with E-state index in [4.69, 9.17) is 0 Å². The molecule has 0 radical (unpaired) electrons. The summed E-state index contributed by atoms with van der Waals surface area (Å²) in [6.07, 6.45) is 4.94. The molecule has 1 saturated carbocycles. The number of benzene rings is 1. The van der Waals surface area contributed by atoms with E-state index in [1.165, 1.54) is 23.1 Å². The molecule has 1 aromatic carbocycles. The topological polar surface area (TPSA) is 80.5 Å². The van der Waals surface area contributed by atoms with Crippen molar-refractivity contribution in [2.24, 2.45) is 23.7 Å². The van der Waals surface area contributed by atoms with Gasteiger partial charge in [-0.15, -0.1) is 0 Å². The predicted molar refractivity (Wildman–Crippen MR) is 81.0 cm³/mol. The van der Waals surface area contributed by atoms with Crippen molar-refractivity contribution in [3.63, 3.8) is 0 Å². The highest BCUT2D eigenvalue weighted by Gasteiger charge is 2.59. The summed E-state index contributed by atoms with van der Waals surface area (Å²) in [7, 11) is 0. The van der Waals surface area contributed by atoms with E-state index in [-0.39, 0.29) is 41.2 Å². The summed E-state index contributed by atoms with van der Waals surface area (Å²) in [5, 5.41) is 10.8. The maximum atomic E-state index is 12.7. The van der Waals surface area contributed by atoms with Crippen LogP contribution in [0.15, 0.2) is 34.8 Å². The molecule has 4 atom stereocenters. The third kappa shape index (κ3) is 1.65. The van der Waals surface area contributed by atoms with Crippen LogP contribution in [0.4, 0.5) is 11.4 Å². The van der Waals surface area contributed by atoms with Crippen LogP contribution in [0.1, 0.15) is 6.42 Å². The largest absolute Gasteiger partial charge is 0.274 e. The number of nitrogens with zero attached hydrogens (tertiary/aromatic N) is 2. The number of allylic oxidation sites excluding steroid dienone is 2. The van der Waals surface area contributed by atoms with E-state index in [1.54, 1.807) is 0 Å². The molecule has 7 heteroatoms. The van der Waals surface area contributed by atoms with Crippen molar-refractivity contribution in [3.05, 3.63) is 44.9 Å². The smallest absolute Gasteiger partial charge is 0.270 e. The Morgan fingerprint density at radius 3 is 2.23 bits per heavy atom. The van der Waals surface area contributed by atoms with Crippen molar-refractivity contribution in [1.82, 2.24) is 0 Å². The van der Waals surface area contributed by atoms with Gasteiger partial charge in [0.2, 0.25) is 11.8 Å². The normalized spacial score (nSPS) is 32.0. The van der Waals surface area contributed by atoms with E-state index in [1.807, 2.05) is 12.2 Å². The molecule has 6 nitrogen and oxygen atoms in total. The van der Waals surface area contributed by atoms with Crippen LogP contribution in [0.25, 0.3) is 0 Å². The summed E-state index contributed by atoms with van der Waals surface area (Å²) in [6.45, 7) is 0. The van der Waals surface area contributed by atoms with Crippen LogP contribution in [0.2, 0.25) is 0 Å². The van der Waals surface area contributed by atoms with Gasteiger partial charge in [0.05, 0.1) is 22.4 Å². The number of fused-ring (bicyclic) bond motifs is 5. The third-order valence-electron chi connectivity index (χ3n) is 4.85. The fraction of sp³-hybridized carbons (Fsp3) is 0.333. The molecule has 2 aliphatic carbocycles. The fourth-order valence-corrected chi connectivity index (χ4v) is 4.47. The molecular formula is C15H11BrN2O4. The van der Waals surface area contributed by atoms with Crippen LogP contribution in [0, 0.1) is 33.8 Å². The molecule has 2 bridgehead atoms. The quantitative estimate of drug-likeness (QED) is 0.350. The Morgan fingerprint density at radius 1 is 1.14 bits per heavy atom. The Hall–Kier alpha value is -2.02. The summed E-state index contributed by atoms with van der Waals surface area (Å²) < 4.78 is 0.378. The molecule has 2 amide bonds. The van der Waals surface area contributed by atoms with Crippen molar-refractivity contribution in [2.75, 3.05) is 4.90 Å². The lowest BCUT2D eigenvalue weighted by atomic mass is 9.85. The first kappa shape index (κ1) is 13.6. The Balaban J connectivity index is 1.74. The second-order valence-corrected chi connectivity index (χ2v) is 6.76. The van der Waals surface area contributed by atoms with Crippen LogP contribution < -0.4 is 4.90 Å². The number of anilines is 1. The highest BCUT2D eigenvalue weighted by Crippen LogP contribution is 2.53. The van der Waals surface area contributed by atoms with Gasteiger partial charge in [0.15, 0.2) is 0 Å². The molecule has 0 spiro atoms.